The smallest absolute Gasteiger partial charge is 0.191 e. The number of hydrogen-bond donors (Lipinski definition) is 0. The lowest BCUT2D eigenvalue weighted by molar-refractivity contribution is 0.650. The Morgan fingerprint density at radius 3 is 2.67 bits per heavy atom. The van der Waals surface area contributed by atoms with Crippen molar-refractivity contribution in [2.45, 2.75) is 38.4 Å². The van der Waals surface area contributed by atoms with Crippen LogP contribution in [0.15, 0.2) is 22.6 Å². The van der Waals surface area contributed by atoms with Crippen molar-refractivity contribution in [1.82, 2.24) is 0 Å². The lowest BCUT2D eigenvalue weighted by atomic mass is 10.1. The minimum absolute atomic E-state index is 0.340. The Morgan fingerprint density at radius 2 is 2.06 bits per heavy atom. The normalized spacial score (nSPS) is 18.4. The summed E-state index contributed by atoms with van der Waals surface area (Å²) in [5, 5.41) is 0. The molecule has 0 aromatic heterocycles. The molecule has 0 spiro atoms. The van der Waals surface area contributed by atoms with Crippen molar-refractivity contribution >= 4 is 22.4 Å². The van der Waals surface area contributed by atoms with Crippen LogP contribution in [0.25, 0.3) is 4.85 Å². The Kier molecular flexibility index (Phi) is 3.36. The minimum atomic E-state index is -1.23. The van der Waals surface area contributed by atoms with E-state index >= 15 is 0 Å². The van der Waals surface area contributed by atoms with Crippen molar-refractivity contribution in [3.8, 4) is 0 Å². The van der Waals surface area contributed by atoms with Crippen molar-refractivity contribution in [2.24, 2.45) is 4.40 Å². The molecule has 4 heteroatoms. The van der Waals surface area contributed by atoms with Crippen LogP contribution in [0, 0.1) is 6.57 Å². The van der Waals surface area contributed by atoms with E-state index in [4.69, 9.17) is 6.57 Å². The van der Waals surface area contributed by atoms with E-state index < -0.39 is 11.0 Å². The fourth-order valence-electron chi connectivity index (χ4n) is 1.92. The molecule has 1 aliphatic rings. The topological polar surface area (TPSA) is 33.8 Å². The molecule has 0 N–H and O–H groups in total. The molecule has 94 valence electrons. The van der Waals surface area contributed by atoms with E-state index in [0.29, 0.717) is 5.69 Å². The van der Waals surface area contributed by atoms with Crippen LogP contribution in [-0.4, -0.2) is 14.7 Å². The number of hydrogen-bond acceptors (Lipinski definition) is 1. The first-order valence-electron chi connectivity index (χ1n) is 5.93. The van der Waals surface area contributed by atoms with Crippen LogP contribution < -0.4 is 0 Å². The lowest BCUT2D eigenvalue weighted by Gasteiger charge is -2.14. The van der Waals surface area contributed by atoms with Crippen LogP contribution in [0.4, 0.5) is 5.69 Å². The average Bonchev–Trinajstić information content (AvgIpc) is 2.71. The van der Waals surface area contributed by atoms with Gasteiger partial charge in [-0.25, -0.2) is 9.05 Å². The Labute approximate surface area is 110 Å². The third-order valence-electron chi connectivity index (χ3n) is 2.91. The molecule has 18 heavy (non-hydrogen) atoms. The number of fused-ring (bicyclic) bond motifs is 1. The zero-order chi connectivity index (χ0) is 13.3. The van der Waals surface area contributed by atoms with Crippen LogP contribution in [-0.2, 0) is 17.4 Å². The van der Waals surface area contributed by atoms with Gasteiger partial charge in [-0.15, -0.1) is 0 Å². The Hall–Kier alpha value is -1.47. The molecule has 0 amide bonds. The summed E-state index contributed by atoms with van der Waals surface area (Å²) >= 11 is 0. The van der Waals surface area contributed by atoms with E-state index in [1.165, 1.54) is 0 Å². The molecule has 3 nitrogen and oxygen atoms in total. The van der Waals surface area contributed by atoms with E-state index in [9.17, 15) is 4.21 Å². The van der Waals surface area contributed by atoms with E-state index in [2.05, 4.69) is 9.24 Å². The van der Waals surface area contributed by atoms with Crippen molar-refractivity contribution in [2.75, 3.05) is 0 Å². The summed E-state index contributed by atoms with van der Waals surface area (Å²) in [4.78, 5) is 3.52. The highest BCUT2D eigenvalue weighted by Crippen LogP contribution is 2.31. The molecule has 0 fully saturated rings. The van der Waals surface area contributed by atoms with Gasteiger partial charge in [-0.2, -0.15) is 4.40 Å². The van der Waals surface area contributed by atoms with Crippen LogP contribution >= 0.6 is 0 Å². The van der Waals surface area contributed by atoms with Gasteiger partial charge >= 0.3 is 0 Å². The van der Waals surface area contributed by atoms with Crippen molar-refractivity contribution in [3.05, 3.63) is 40.7 Å². The minimum Gasteiger partial charge on any atom is -0.238 e. The molecule has 1 aliphatic carbocycles. The maximum absolute atomic E-state index is 12.0. The quantitative estimate of drug-likeness (QED) is 0.712. The van der Waals surface area contributed by atoms with Crippen LogP contribution in [0.5, 0.6) is 0 Å². The first kappa shape index (κ1) is 13.0. The molecule has 0 aliphatic heterocycles. The molecule has 0 saturated carbocycles. The second kappa shape index (κ2) is 4.66. The van der Waals surface area contributed by atoms with Crippen molar-refractivity contribution in [3.63, 3.8) is 0 Å². The van der Waals surface area contributed by atoms with Gasteiger partial charge in [0.2, 0.25) is 0 Å². The summed E-state index contributed by atoms with van der Waals surface area (Å²) in [6, 6.07) is 5.66. The molecule has 0 bridgehead atoms. The first-order valence-corrected chi connectivity index (χ1v) is 7.03. The number of benzene rings is 1. The molecular weight excluding hydrogens is 244 g/mol. The van der Waals surface area contributed by atoms with E-state index in [-0.39, 0.29) is 4.75 Å². The summed E-state index contributed by atoms with van der Waals surface area (Å²) in [5.41, 5.74) is 3.63. The molecule has 1 unspecified atom stereocenters. The predicted octanol–water partition coefficient (Wildman–Crippen LogP) is 3.43. The standard InChI is InChI=1S/C14H16N2OS/c1-14(2,3)18(17)16-13-9-8-11-10(13)6-5-7-12(11)15-4/h5-7H,8-9H2,1-3H3. The van der Waals surface area contributed by atoms with Crippen LogP contribution in [0.1, 0.15) is 38.3 Å². The second-order valence-corrected chi connectivity index (χ2v) is 7.22. The van der Waals surface area contributed by atoms with E-state index in [0.717, 1.165) is 29.7 Å². The van der Waals surface area contributed by atoms with E-state index in [1.807, 2.05) is 39.0 Å². The van der Waals surface area contributed by atoms with Crippen LogP contribution in [0.2, 0.25) is 0 Å². The summed E-state index contributed by atoms with van der Waals surface area (Å²) in [5.74, 6) is 0. The van der Waals surface area contributed by atoms with Gasteiger partial charge in [0.1, 0.15) is 11.0 Å². The van der Waals surface area contributed by atoms with Crippen molar-refractivity contribution < 1.29 is 4.21 Å². The van der Waals surface area contributed by atoms with Gasteiger partial charge in [0.05, 0.1) is 17.0 Å². The monoisotopic (exact) mass is 260 g/mol. The summed E-state index contributed by atoms with van der Waals surface area (Å²) < 4.78 is 16.1. The van der Waals surface area contributed by atoms with Crippen molar-refractivity contribution in [1.29, 1.82) is 0 Å². The highest BCUT2D eigenvalue weighted by Gasteiger charge is 2.24. The molecule has 1 atom stereocenters. The Morgan fingerprint density at radius 1 is 1.33 bits per heavy atom. The van der Waals surface area contributed by atoms with Crippen LogP contribution in [0.3, 0.4) is 0 Å². The summed E-state index contributed by atoms with van der Waals surface area (Å²) in [6.45, 7) is 12.9. The fraction of sp³-hybridized carbons (Fsp3) is 0.429. The number of nitrogens with zero attached hydrogens (tertiary/aromatic N) is 2. The third-order valence-corrected chi connectivity index (χ3v) is 4.35. The zero-order valence-electron chi connectivity index (χ0n) is 10.9. The lowest BCUT2D eigenvalue weighted by Crippen LogP contribution is -2.20. The molecule has 1 aromatic rings. The van der Waals surface area contributed by atoms with Gasteiger partial charge in [0.25, 0.3) is 0 Å². The molecule has 0 saturated heterocycles. The second-order valence-electron chi connectivity index (χ2n) is 5.31. The predicted molar refractivity (Wildman–Crippen MR) is 75.5 cm³/mol. The molecule has 2 rings (SSSR count). The third kappa shape index (κ3) is 2.37. The van der Waals surface area contributed by atoms with E-state index in [1.54, 1.807) is 0 Å². The van der Waals surface area contributed by atoms with Gasteiger partial charge in [-0.1, -0.05) is 18.2 Å². The zero-order valence-corrected chi connectivity index (χ0v) is 11.7. The molecule has 0 radical (unpaired) electrons. The Bertz CT molecular complexity index is 576. The van der Waals surface area contributed by atoms with Gasteiger partial charge in [0.15, 0.2) is 5.69 Å². The Balaban J connectivity index is 2.42. The summed E-state index contributed by atoms with van der Waals surface area (Å²) in [7, 11) is -1.23. The highest BCUT2D eigenvalue weighted by atomic mass is 32.2. The molecule has 0 heterocycles. The molecule has 1 aromatic carbocycles. The van der Waals surface area contributed by atoms with Gasteiger partial charge in [0, 0.05) is 0 Å². The number of rotatable bonds is 1. The summed E-state index contributed by atoms with van der Waals surface area (Å²) in [6.07, 6.45) is 1.61. The molecular formula is C14H16N2OS. The van der Waals surface area contributed by atoms with Gasteiger partial charge in [-0.3, -0.25) is 0 Å². The highest BCUT2D eigenvalue weighted by molar-refractivity contribution is 7.85. The average molecular weight is 260 g/mol. The van der Waals surface area contributed by atoms with Gasteiger partial charge in [-0.05, 0) is 44.7 Å². The van der Waals surface area contributed by atoms with Gasteiger partial charge < -0.3 is 0 Å². The maximum atomic E-state index is 12.0. The first-order chi connectivity index (χ1) is 8.43. The maximum Gasteiger partial charge on any atom is 0.191 e. The fourth-order valence-corrected chi connectivity index (χ4v) is 2.59. The SMILES string of the molecule is [C-]#[N+]c1cccc2c1CCC2=NS(=O)C(C)(C)C. The largest absolute Gasteiger partial charge is 0.238 e.